The second-order valence-corrected chi connectivity index (χ2v) is 5.10. The molecule has 0 heterocycles. The van der Waals surface area contributed by atoms with Gasteiger partial charge in [0.2, 0.25) is 5.91 Å². The van der Waals surface area contributed by atoms with Gasteiger partial charge < -0.3 is 10.0 Å². The third-order valence-electron chi connectivity index (χ3n) is 3.50. The average Bonchev–Trinajstić information content (AvgIpc) is 2.66. The molecule has 1 aliphatic rings. The van der Waals surface area contributed by atoms with Crippen molar-refractivity contribution in [1.29, 1.82) is 0 Å². The Labute approximate surface area is 109 Å². The lowest BCUT2D eigenvalue weighted by molar-refractivity contribution is -0.165. The van der Waals surface area contributed by atoms with E-state index in [4.69, 9.17) is 5.11 Å². The summed E-state index contributed by atoms with van der Waals surface area (Å²) in [6.45, 7) is 1.87. The zero-order chi connectivity index (χ0) is 14.8. The first kappa shape index (κ1) is 15.8. The van der Waals surface area contributed by atoms with Gasteiger partial charge in [-0.05, 0) is 25.7 Å². The van der Waals surface area contributed by atoms with E-state index in [0.717, 1.165) is 0 Å². The zero-order valence-corrected chi connectivity index (χ0v) is 10.9. The molecule has 1 N–H and O–H groups in total. The van der Waals surface area contributed by atoms with Crippen molar-refractivity contribution in [3.8, 4) is 0 Å². The second-order valence-electron chi connectivity index (χ2n) is 5.10. The molecule has 1 saturated carbocycles. The van der Waals surface area contributed by atoms with Crippen LogP contribution in [0.2, 0.25) is 0 Å². The Morgan fingerprint density at radius 2 is 1.79 bits per heavy atom. The number of hydrogen-bond acceptors (Lipinski definition) is 2. The first-order valence-electron chi connectivity index (χ1n) is 6.24. The number of hydrogen-bond donors (Lipinski definition) is 1. The lowest BCUT2D eigenvalue weighted by atomic mass is 9.94. The first-order valence-corrected chi connectivity index (χ1v) is 6.24. The predicted octanol–water partition coefficient (Wildman–Crippen LogP) is 2.14. The van der Waals surface area contributed by atoms with Gasteiger partial charge in [-0.1, -0.05) is 6.92 Å². The summed E-state index contributed by atoms with van der Waals surface area (Å²) >= 11 is 0. The van der Waals surface area contributed by atoms with Gasteiger partial charge in [-0.15, -0.1) is 0 Å². The van der Waals surface area contributed by atoms with Gasteiger partial charge in [0, 0.05) is 6.54 Å². The molecule has 1 aliphatic carbocycles. The summed E-state index contributed by atoms with van der Waals surface area (Å²) in [5, 5.41) is 9.04. The smallest absolute Gasteiger partial charge is 0.406 e. The van der Waals surface area contributed by atoms with E-state index in [1.165, 1.54) is 6.92 Å². The fourth-order valence-corrected chi connectivity index (χ4v) is 2.63. The number of halogens is 3. The van der Waals surface area contributed by atoms with Gasteiger partial charge in [-0.3, -0.25) is 9.59 Å². The molecule has 4 nitrogen and oxygen atoms in total. The number of amides is 1. The Bertz CT molecular complexity index is 357. The van der Waals surface area contributed by atoms with Crippen molar-refractivity contribution in [2.24, 2.45) is 17.8 Å². The summed E-state index contributed by atoms with van der Waals surface area (Å²) in [6, 6.07) is 0. The Morgan fingerprint density at radius 1 is 1.26 bits per heavy atom. The summed E-state index contributed by atoms with van der Waals surface area (Å²) < 4.78 is 37.1. The zero-order valence-electron chi connectivity index (χ0n) is 10.9. The highest BCUT2D eigenvalue weighted by molar-refractivity contribution is 5.85. The van der Waals surface area contributed by atoms with Gasteiger partial charge in [-0.2, -0.15) is 13.2 Å². The van der Waals surface area contributed by atoms with Crippen LogP contribution in [0.1, 0.15) is 26.7 Å². The third-order valence-corrected chi connectivity index (χ3v) is 3.50. The van der Waals surface area contributed by atoms with Crippen LogP contribution in [0.5, 0.6) is 0 Å². The summed E-state index contributed by atoms with van der Waals surface area (Å²) in [5.74, 6) is -3.47. The molecule has 0 aromatic carbocycles. The van der Waals surface area contributed by atoms with E-state index < -0.39 is 36.4 Å². The Kier molecular flexibility index (Phi) is 4.81. The summed E-state index contributed by atoms with van der Waals surface area (Å²) in [7, 11) is 0. The molecule has 0 aromatic rings. The maximum atomic E-state index is 12.4. The number of carboxylic acid groups (broad SMARTS) is 1. The molecule has 1 amide bonds. The van der Waals surface area contributed by atoms with Gasteiger partial charge in [-0.25, -0.2) is 0 Å². The number of carbonyl (C=O) groups excluding carboxylic acids is 1. The van der Waals surface area contributed by atoms with Gasteiger partial charge >= 0.3 is 12.1 Å². The van der Waals surface area contributed by atoms with Crippen LogP contribution in [0, 0.1) is 17.8 Å². The monoisotopic (exact) mass is 281 g/mol. The van der Waals surface area contributed by atoms with Crippen LogP contribution >= 0.6 is 0 Å². The molecule has 0 aliphatic heterocycles. The van der Waals surface area contributed by atoms with Crippen LogP contribution in [0.15, 0.2) is 0 Å². The molecular weight excluding hydrogens is 263 g/mol. The highest BCUT2D eigenvalue weighted by Gasteiger charge is 2.44. The third kappa shape index (κ3) is 4.11. The van der Waals surface area contributed by atoms with Crippen LogP contribution < -0.4 is 0 Å². The van der Waals surface area contributed by atoms with Crippen molar-refractivity contribution in [3.05, 3.63) is 0 Å². The minimum Gasteiger partial charge on any atom is -0.481 e. The number of rotatable bonds is 4. The number of carbonyl (C=O) groups is 2. The van der Waals surface area contributed by atoms with Crippen LogP contribution in [0.4, 0.5) is 13.2 Å². The van der Waals surface area contributed by atoms with Crippen molar-refractivity contribution in [2.45, 2.75) is 32.9 Å². The quantitative estimate of drug-likeness (QED) is 0.859. The van der Waals surface area contributed by atoms with E-state index in [1.807, 2.05) is 6.92 Å². The van der Waals surface area contributed by atoms with Crippen molar-refractivity contribution >= 4 is 11.9 Å². The minimum atomic E-state index is -4.46. The van der Waals surface area contributed by atoms with E-state index in [9.17, 15) is 22.8 Å². The van der Waals surface area contributed by atoms with Gasteiger partial charge in [0.1, 0.15) is 6.54 Å². The average molecular weight is 281 g/mol. The fraction of sp³-hybridized carbons (Fsp3) is 0.833. The van der Waals surface area contributed by atoms with Crippen molar-refractivity contribution in [3.63, 3.8) is 0 Å². The molecular formula is C12H18F3NO3. The highest BCUT2D eigenvalue weighted by atomic mass is 19.4. The van der Waals surface area contributed by atoms with Crippen molar-refractivity contribution < 1.29 is 27.9 Å². The minimum absolute atomic E-state index is 0.0413. The SMILES string of the molecule is CCN(CC(F)(F)F)C(=O)C1CC(C)CC1C(=O)O. The van der Waals surface area contributed by atoms with E-state index >= 15 is 0 Å². The largest absolute Gasteiger partial charge is 0.481 e. The Morgan fingerprint density at radius 3 is 2.21 bits per heavy atom. The van der Waals surface area contributed by atoms with Crippen molar-refractivity contribution in [1.82, 2.24) is 4.90 Å². The van der Waals surface area contributed by atoms with Gasteiger partial charge in [0.05, 0.1) is 11.8 Å². The van der Waals surface area contributed by atoms with Crippen molar-refractivity contribution in [2.75, 3.05) is 13.1 Å². The number of nitrogens with zero attached hydrogens (tertiary/aromatic N) is 1. The number of carboxylic acids is 1. The molecule has 1 rings (SSSR count). The van der Waals surface area contributed by atoms with Crippen LogP contribution in [-0.2, 0) is 9.59 Å². The van der Waals surface area contributed by atoms with Crippen LogP contribution in [0.25, 0.3) is 0 Å². The molecule has 19 heavy (non-hydrogen) atoms. The molecule has 3 unspecified atom stereocenters. The lowest BCUT2D eigenvalue weighted by Gasteiger charge is -2.26. The molecule has 1 fully saturated rings. The van der Waals surface area contributed by atoms with E-state index in [0.29, 0.717) is 17.7 Å². The molecule has 0 spiro atoms. The first-order chi connectivity index (χ1) is 8.65. The number of alkyl halides is 3. The molecule has 0 aromatic heterocycles. The second kappa shape index (κ2) is 5.79. The standard InChI is InChI=1S/C12H18F3NO3/c1-3-16(6-12(13,14)15)10(17)8-4-7(2)5-9(8)11(18)19/h7-9H,3-6H2,1-2H3,(H,18,19). The maximum Gasteiger partial charge on any atom is 0.406 e. The molecule has 110 valence electrons. The van der Waals surface area contributed by atoms with Crippen LogP contribution in [0.3, 0.4) is 0 Å². The lowest BCUT2D eigenvalue weighted by Crippen LogP contribution is -2.43. The van der Waals surface area contributed by atoms with Gasteiger partial charge in [0.25, 0.3) is 0 Å². The fourth-order valence-electron chi connectivity index (χ4n) is 2.63. The van der Waals surface area contributed by atoms with Crippen LogP contribution in [-0.4, -0.2) is 41.1 Å². The predicted molar refractivity (Wildman–Crippen MR) is 61.3 cm³/mol. The molecule has 0 radical (unpaired) electrons. The Balaban J connectivity index is 2.81. The molecule has 3 atom stereocenters. The summed E-state index contributed by atoms with van der Waals surface area (Å²) in [6.07, 6.45) is -3.78. The van der Waals surface area contributed by atoms with E-state index in [-0.39, 0.29) is 12.5 Å². The van der Waals surface area contributed by atoms with Gasteiger partial charge in [0.15, 0.2) is 0 Å². The maximum absolute atomic E-state index is 12.4. The number of aliphatic carboxylic acids is 1. The van der Waals surface area contributed by atoms with E-state index in [2.05, 4.69) is 0 Å². The normalized spacial score (nSPS) is 27.3. The summed E-state index contributed by atoms with van der Waals surface area (Å²) in [4.78, 5) is 23.8. The van der Waals surface area contributed by atoms with E-state index in [1.54, 1.807) is 0 Å². The summed E-state index contributed by atoms with van der Waals surface area (Å²) in [5.41, 5.74) is 0. The Hall–Kier alpha value is -1.27. The topological polar surface area (TPSA) is 57.6 Å². The highest BCUT2D eigenvalue weighted by Crippen LogP contribution is 2.37. The molecule has 7 heteroatoms. The molecule has 0 bridgehead atoms. The molecule has 0 saturated heterocycles.